The number of hydrogen-bond donors (Lipinski definition) is 2. The summed E-state index contributed by atoms with van der Waals surface area (Å²) >= 11 is 0. The SMILES string of the molecule is Cc1c(C(=O)N=C(N)N)nn(C)c1-c1ccccc1.Cl. The second-order valence-corrected chi connectivity index (χ2v) is 4.15. The maximum atomic E-state index is 11.8. The molecular formula is C13H16ClN5O. The predicted molar refractivity (Wildman–Crippen MR) is 80.8 cm³/mol. The third-order valence-corrected chi connectivity index (χ3v) is 2.76. The molecule has 2 rings (SSSR count). The number of aromatic nitrogens is 2. The Bertz CT molecular complexity index is 644. The Morgan fingerprint density at radius 3 is 2.40 bits per heavy atom. The quantitative estimate of drug-likeness (QED) is 0.642. The van der Waals surface area contributed by atoms with Crippen LogP contribution in [0.25, 0.3) is 11.3 Å². The first-order valence-corrected chi connectivity index (χ1v) is 5.73. The number of carbonyl (C=O) groups excluding carboxylic acids is 1. The Hall–Kier alpha value is -2.34. The van der Waals surface area contributed by atoms with Gasteiger partial charge in [0.05, 0.1) is 5.69 Å². The van der Waals surface area contributed by atoms with Crippen molar-refractivity contribution in [2.45, 2.75) is 6.92 Å². The maximum absolute atomic E-state index is 11.8. The third kappa shape index (κ3) is 2.97. The Balaban J connectivity index is 0.00000200. The van der Waals surface area contributed by atoms with Gasteiger partial charge in [0.1, 0.15) is 0 Å². The molecule has 7 heteroatoms. The van der Waals surface area contributed by atoms with Gasteiger partial charge in [-0.15, -0.1) is 12.4 Å². The summed E-state index contributed by atoms with van der Waals surface area (Å²) in [6.07, 6.45) is 0. The van der Waals surface area contributed by atoms with Crippen LogP contribution in [0.15, 0.2) is 35.3 Å². The van der Waals surface area contributed by atoms with Crippen LogP contribution in [0.1, 0.15) is 16.1 Å². The van der Waals surface area contributed by atoms with E-state index in [1.165, 1.54) is 0 Å². The summed E-state index contributed by atoms with van der Waals surface area (Å²) in [6, 6.07) is 9.71. The van der Waals surface area contributed by atoms with Crippen LogP contribution in [-0.4, -0.2) is 21.6 Å². The molecule has 2 aromatic rings. The average molecular weight is 294 g/mol. The van der Waals surface area contributed by atoms with Gasteiger partial charge in [0.15, 0.2) is 11.7 Å². The number of amides is 1. The highest BCUT2D eigenvalue weighted by Crippen LogP contribution is 2.25. The molecule has 1 amide bonds. The molecule has 1 heterocycles. The topological polar surface area (TPSA) is 99.3 Å². The zero-order chi connectivity index (χ0) is 14.0. The maximum Gasteiger partial charge on any atom is 0.300 e. The van der Waals surface area contributed by atoms with Crippen LogP contribution >= 0.6 is 12.4 Å². The fourth-order valence-electron chi connectivity index (χ4n) is 2.00. The van der Waals surface area contributed by atoms with Gasteiger partial charge in [-0.2, -0.15) is 10.1 Å². The van der Waals surface area contributed by atoms with E-state index < -0.39 is 5.91 Å². The van der Waals surface area contributed by atoms with E-state index in [2.05, 4.69) is 10.1 Å². The average Bonchev–Trinajstić information content (AvgIpc) is 2.65. The highest BCUT2D eigenvalue weighted by atomic mass is 35.5. The molecule has 0 saturated carbocycles. The number of nitrogens with zero attached hydrogens (tertiary/aromatic N) is 3. The molecule has 0 spiro atoms. The molecule has 4 N–H and O–H groups in total. The summed E-state index contributed by atoms with van der Waals surface area (Å²) in [4.78, 5) is 15.4. The first-order valence-electron chi connectivity index (χ1n) is 5.73. The molecule has 0 aliphatic carbocycles. The summed E-state index contributed by atoms with van der Waals surface area (Å²) < 4.78 is 1.65. The second kappa shape index (κ2) is 6.21. The number of carbonyl (C=O) groups is 1. The van der Waals surface area contributed by atoms with Crippen molar-refractivity contribution in [3.63, 3.8) is 0 Å². The molecule has 1 aromatic carbocycles. The van der Waals surface area contributed by atoms with Crippen LogP contribution in [0, 0.1) is 6.92 Å². The number of aliphatic imine (C=N–C) groups is 1. The summed E-state index contributed by atoms with van der Waals surface area (Å²) in [5, 5.41) is 4.19. The minimum absolute atomic E-state index is 0. The van der Waals surface area contributed by atoms with Crippen molar-refractivity contribution < 1.29 is 4.79 Å². The molecule has 0 unspecified atom stereocenters. The number of aryl methyl sites for hydroxylation is 1. The Labute approximate surface area is 122 Å². The van der Waals surface area contributed by atoms with E-state index in [4.69, 9.17) is 11.5 Å². The van der Waals surface area contributed by atoms with Crippen molar-refractivity contribution >= 4 is 24.3 Å². The minimum atomic E-state index is -0.532. The number of rotatable bonds is 2. The van der Waals surface area contributed by atoms with Gasteiger partial charge < -0.3 is 11.5 Å². The van der Waals surface area contributed by atoms with E-state index in [0.717, 1.165) is 16.8 Å². The van der Waals surface area contributed by atoms with Crippen molar-refractivity contribution in [2.24, 2.45) is 23.5 Å². The van der Waals surface area contributed by atoms with Crippen molar-refractivity contribution in [1.82, 2.24) is 9.78 Å². The van der Waals surface area contributed by atoms with Gasteiger partial charge in [-0.3, -0.25) is 9.48 Å². The van der Waals surface area contributed by atoms with Crippen molar-refractivity contribution in [1.29, 1.82) is 0 Å². The third-order valence-electron chi connectivity index (χ3n) is 2.76. The van der Waals surface area contributed by atoms with Gasteiger partial charge in [0.2, 0.25) is 0 Å². The highest BCUT2D eigenvalue weighted by Gasteiger charge is 2.19. The first-order chi connectivity index (χ1) is 9.00. The minimum Gasteiger partial charge on any atom is -0.370 e. The number of nitrogens with two attached hydrogens (primary N) is 2. The van der Waals surface area contributed by atoms with Gasteiger partial charge in [0, 0.05) is 18.2 Å². The number of guanidine groups is 1. The lowest BCUT2D eigenvalue weighted by atomic mass is 10.1. The van der Waals surface area contributed by atoms with Crippen LogP contribution in [0.4, 0.5) is 0 Å². The summed E-state index contributed by atoms with van der Waals surface area (Å²) in [5.41, 5.74) is 13.3. The Morgan fingerprint density at radius 1 is 1.25 bits per heavy atom. The van der Waals surface area contributed by atoms with Crippen LogP contribution in [0.3, 0.4) is 0 Å². The predicted octanol–water partition coefficient (Wildman–Crippen LogP) is 1.23. The van der Waals surface area contributed by atoms with E-state index in [1.54, 1.807) is 11.7 Å². The van der Waals surface area contributed by atoms with E-state index in [0.29, 0.717) is 0 Å². The lowest BCUT2D eigenvalue weighted by Crippen LogP contribution is -2.24. The summed E-state index contributed by atoms with van der Waals surface area (Å²) in [5.74, 6) is -0.799. The van der Waals surface area contributed by atoms with Gasteiger partial charge in [-0.05, 0) is 6.92 Å². The standard InChI is InChI=1S/C13H15N5O.ClH/c1-8-10(12(19)16-13(14)15)17-18(2)11(8)9-6-4-3-5-7-9;/h3-7H,1-2H3,(H4,14,15,16,19);1H. The Kier molecular flexibility index (Phi) is 4.88. The molecule has 0 fully saturated rings. The van der Waals surface area contributed by atoms with Gasteiger partial charge >= 0.3 is 5.91 Å². The highest BCUT2D eigenvalue weighted by molar-refractivity contribution is 6.02. The zero-order valence-corrected chi connectivity index (χ0v) is 12.0. The number of hydrogen-bond acceptors (Lipinski definition) is 2. The molecule has 0 atom stereocenters. The normalized spacial score (nSPS) is 9.70. The molecule has 0 saturated heterocycles. The number of halogens is 1. The van der Waals surface area contributed by atoms with Crippen molar-refractivity contribution in [3.05, 3.63) is 41.6 Å². The largest absolute Gasteiger partial charge is 0.370 e. The van der Waals surface area contributed by atoms with Gasteiger partial charge in [-0.25, -0.2) is 0 Å². The van der Waals surface area contributed by atoms with Crippen LogP contribution < -0.4 is 11.5 Å². The smallest absolute Gasteiger partial charge is 0.300 e. The second-order valence-electron chi connectivity index (χ2n) is 4.15. The van der Waals surface area contributed by atoms with Crippen LogP contribution in [0.5, 0.6) is 0 Å². The van der Waals surface area contributed by atoms with Crippen LogP contribution in [0.2, 0.25) is 0 Å². The van der Waals surface area contributed by atoms with Crippen LogP contribution in [-0.2, 0) is 7.05 Å². The van der Waals surface area contributed by atoms with Gasteiger partial charge in [0.25, 0.3) is 0 Å². The molecular weight excluding hydrogens is 278 g/mol. The van der Waals surface area contributed by atoms with Crippen molar-refractivity contribution in [2.75, 3.05) is 0 Å². The first kappa shape index (κ1) is 15.7. The van der Waals surface area contributed by atoms with Gasteiger partial charge in [-0.1, -0.05) is 30.3 Å². The molecule has 6 nitrogen and oxygen atoms in total. The number of benzene rings is 1. The zero-order valence-electron chi connectivity index (χ0n) is 11.2. The fraction of sp³-hybridized carbons (Fsp3) is 0.154. The van der Waals surface area contributed by atoms with Crippen molar-refractivity contribution in [3.8, 4) is 11.3 Å². The van der Waals surface area contributed by atoms with E-state index in [9.17, 15) is 4.79 Å². The lowest BCUT2D eigenvalue weighted by Gasteiger charge is -2.02. The molecule has 0 bridgehead atoms. The van der Waals surface area contributed by atoms with E-state index in [1.807, 2.05) is 37.3 Å². The van der Waals surface area contributed by atoms with E-state index in [-0.39, 0.29) is 24.1 Å². The molecule has 20 heavy (non-hydrogen) atoms. The fourth-order valence-corrected chi connectivity index (χ4v) is 2.00. The molecule has 0 aliphatic heterocycles. The summed E-state index contributed by atoms with van der Waals surface area (Å²) in [6.45, 7) is 1.82. The Morgan fingerprint density at radius 2 is 1.85 bits per heavy atom. The summed E-state index contributed by atoms with van der Waals surface area (Å²) in [7, 11) is 1.78. The molecule has 1 aromatic heterocycles. The van der Waals surface area contributed by atoms with E-state index >= 15 is 0 Å². The molecule has 106 valence electrons. The lowest BCUT2D eigenvalue weighted by molar-refractivity contribution is 0.0996. The molecule has 0 radical (unpaired) electrons. The molecule has 0 aliphatic rings. The monoisotopic (exact) mass is 293 g/mol.